The lowest BCUT2D eigenvalue weighted by molar-refractivity contribution is -0.122. The summed E-state index contributed by atoms with van der Waals surface area (Å²) in [4.78, 5) is 38.4. The van der Waals surface area contributed by atoms with Crippen LogP contribution in [0.15, 0.2) is 42.5 Å². The summed E-state index contributed by atoms with van der Waals surface area (Å²) in [6, 6.07) is 12.2. The van der Waals surface area contributed by atoms with Crippen LogP contribution in [0.3, 0.4) is 0 Å². The standard InChI is InChI=1S/C23H26N2O5/c1-4-18(15-11-12-19(29-2)20(14-15)30-3)24-21(26)10-7-13-25-22(27)16-8-5-6-9-17(16)23(25)28/h5-6,8-9,11-12,14,18H,4,7,10,13H2,1-3H3,(H,24,26)/t18-/m1/s1. The van der Waals surface area contributed by atoms with Crippen LogP contribution in [0.5, 0.6) is 11.5 Å². The highest BCUT2D eigenvalue weighted by atomic mass is 16.5. The zero-order chi connectivity index (χ0) is 21.7. The van der Waals surface area contributed by atoms with Crippen LogP contribution in [0, 0.1) is 0 Å². The topological polar surface area (TPSA) is 84.9 Å². The molecule has 1 N–H and O–H groups in total. The molecule has 1 atom stereocenters. The minimum atomic E-state index is -0.298. The summed E-state index contributed by atoms with van der Waals surface area (Å²) in [6.07, 6.45) is 1.33. The molecule has 0 saturated carbocycles. The summed E-state index contributed by atoms with van der Waals surface area (Å²) < 4.78 is 10.6. The fourth-order valence-corrected chi connectivity index (χ4v) is 3.60. The van der Waals surface area contributed by atoms with Crippen molar-refractivity contribution in [1.82, 2.24) is 10.2 Å². The van der Waals surface area contributed by atoms with Gasteiger partial charge in [0.05, 0.1) is 31.4 Å². The quantitative estimate of drug-likeness (QED) is 0.641. The molecule has 1 aliphatic heterocycles. The van der Waals surface area contributed by atoms with Crippen LogP contribution in [0.1, 0.15) is 58.5 Å². The smallest absolute Gasteiger partial charge is 0.261 e. The molecule has 7 heteroatoms. The normalized spacial score (nSPS) is 13.8. The maximum absolute atomic E-state index is 12.5. The predicted octanol–water partition coefficient (Wildman–Crippen LogP) is 3.35. The summed E-state index contributed by atoms with van der Waals surface area (Å²) in [5, 5.41) is 3.01. The van der Waals surface area contributed by atoms with Gasteiger partial charge >= 0.3 is 0 Å². The minimum Gasteiger partial charge on any atom is -0.493 e. The number of carbonyl (C=O) groups is 3. The average Bonchev–Trinajstić information content (AvgIpc) is 3.02. The van der Waals surface area contributed by atoms with Gasteiger partial charge in [-0.15, -0.1) is 0 Å². The molecule has 1 heterocycles. The summed E-state index contributed by atoms with van der Waals surface area (Å²) in [7, 11) is 3.14. The number of fused-ring (bicyclic) bond motifs is 1. The van der Waals surface area contributed by atoms with Crippen LogP contribution in [-0.4, -0.2) is 43.4 Å². The Kier molecular flexibility index (Phi) is 6.72. The molecule has 3 rings (SSSR count). The van der Waals surface area contributed by atoms with Crippen LogP contribution in [0.4, 0.5) is 0 Å². The predicted molar refractivity (Wildman–Crippen MR) is 112 cm³/mol. The molecule has 158 valence electrons. The van der Waals surface area contributed by atoms with Gasteiger partial charge in [-0.1, -0.05) is 25.1 Å². The lowest BCUT2D eigenvalue weighted by Crippen LogP contribution is -2.32. The van der Waals surface area contributed by atoms with Crippen molar-refractivity contribution in [3.63, 3.8) is 0 Å². The number of rotatable bonds is 9. The van der Waals surface area contributed by atoms with Crippen LogP contribution in [-0.2, 0) is 4.79 Å². The van der Waals surface area contributed by atoms with E-state index >= 15 is 0 Å². The third-order valence-corrected chi connectivity index (χ3v) is 5.22. The number of imide groups is 1. The first-order chi connectivity index (χ1) is 14.5. The molecule has 0 unspecified atom stereocenters. The fraction of sp³-hybridized carbons (Fsp3) is 0.348. The van der Waals surface area contributed by atoms with Gasteiger partial charge in [0.15, 0.2) is 11.5 Å². The second-order valence-electron chi connectivity index (χ2n) is 7.05. The maximum Gasteiger partial charge on any atom is 0.261 e. The summed E-state index contributed by atoms with van der Waals surface area (Å²) in [5.41, 5.74) is 1.77. The first kappa shape index (κ1) is 21.4. The molecular formula is C23H26N2O5. The highest BCUT2D eigenvalue weighted by molar-refractivity contribution is 6.21. The average molecular weight is 410 g/mol. The van der Waals surface area contributed by atoms with Gasteiger partial charge in [0.25, 0.3) is 11.8 Å². The SMILES string of the molecule is CC[C@@H](NC(=O)CCCN1C(=O)c2ccccc2C1=O)c1ccc(OC)c(OC)c1. The molecule has 2 aromatic carbocycles. The lowest BCUT2D eigenvalue weighted by Gasteiger charge is -2.19. The number of hydrogen-bond acceptors (Lipinski definition) is 5. The van der Waals surface area contributed by atoms with E-state index in [0.29, 0.717) is 35.5 Å². The fourth-order valence-electron chi connectivity index (χ4n) is 3.60. The summed E-state index contributed by atoms with van der Waals surface area (Å²) in [6.45, 7) is 2.20. The molecule has 0 aromatic heterocycles. The number of nitrogens with one attached hydrogen (secondary N) is 1. The zero-order valence-corrected chi connectivity index (χ0v) is 17.4. The van der Waals surface area contributed by atoms with E-state index in [9.17, 15) is 14.4 Å². The minimum absolute atomic E-state index is 0.131. The number of carbonyl (C=O) groups excluding carboxylic acids is 3. The van der Waals surface area contributed by atoms with E-state index < -0.39 is 0 Å². The third-order valence-electron chi connectivity index (χ3n) is 5.22. The van der Waals surface area contributed by atoms with E-state index in [2.05, 4.69) is 5.32 Å². The molecule has 0 radical (unpaired) electrons. The number of hydrogen-bond donors (Lipinski definition) is 1. The van der Waals surface area contributed by atoms with Crippen molar-refractivity contribution in [2.24, 2.45) is 0 Å². The first-order valence-corrected chi connectivity index (χ1v) is 9.96. The first-order valence-electron chi connectivity index (χ1n) is 9.96. The number of benzene rings is 2. The Labute approximate surface area is 176 Å². The highest BCUT2D eigenvalue weighted by Gasteiger charge is 2.34. The second-order valence-corrected chi connectivity index (χ2v) is 7.05. The van der Waals surface area contributed by atoms with E-state index in [1.165, 1.54) is 4.90 Å². The van der Waals surface area contributed by atoms with Crippen molar-refractivity contribution < 1.29 is 23.9 Å². The lowest BCUT2D eigenvalue weighted by atomic mass is 10.0. The van der Waals surface area contributed by atoms with Gasteiger partial charge in [-0.2, -0.15) is 0 Å². The molecule has 3 amide bonds. The summed E-state index contributed by atoms with van der Waals surface area (Å²) in [5.74, 6) is 0.505. The van der Waals surface area contributed by atoms with Gasteiger partial charge in [-0.3, -0.25) is 19.3 Å². The Hall–Kier alpha value is -3.35. The second kappa shape index (κ2) is 9.43. The third kappa shape index (κ3) is 4.30. The van der Waals surface area contributed by atoms with Crippen molar-refractivity contribution in [2.75, 3.05) is 20.8 Å². The van der Waals surface area contributed by atoms with Crippen LogP contribution in [0.25, 0.3) is 0 Å². The van der Waals surface area contributed by atoms with Gasteiger partial charge < -0.3 is 14.8 Å². The van der Waals surface area contributed by atoms with E-state index in [1.807, 2.05) is 25.1 Å². The molecule has 0 aliphatic carbocycles. The van der Waals surface area contributed by atoms with Crippen molar-refractivity contribution in [1.29, 1.82) is 0 Å². The van der Waals surface area contributed by atoms with Crippen LogP contribution >= 0.6 is 0 Å². The van der Waals surface area contributed by atoms with Crippen molar-refractivity contribution >= 4 is 17.7 Å². The number of ether oxygens (including phenoxy) is 2. The van der Waals surface area contributed by atoms with E-state index in [-0.39, 0.29) is 36.7 Å². The molecule has 0 saturated heterocycles. The van der Waals surface area contributed by atoms with E-state index in [4.69, 9.17) is 9.47 Å². The maximum atomic E-state index is 12.5. The number of amides is 3. The monoisotopic (exact) mass is 410 g/mol. The Balaban J connectivity index is 1.55. The van der Waals surface area contributed by atoms with E-state index in [1.54, 1.807) is 38.5 Å². The zero-order valence-electron chi connectivity index (χ0n) is 17.4. The van der Waals surface area contributed by atoms with Crippen LogP contribution in [0.2, 0.25) is 0 Å². The molecule has 30 heavy (non-hydrogen) atoms. The number of methoxy groups -OCH3 is 2. The van der Waals surface area contributed by atoms with Crippen molar-refractivity contribution in [3.05, 3.63) is 59.2 Å². The molecule has 2 aromatic rings. The van der Waals surface area contributed by atoms with Gasteiger partial charge in [-0.25, -0.2) is 0 Å². The summed E-state index contributed by atoms with van der Waals surface area (Å²) >= 11 is 0. The Morgan fingerprint density at radius 3 is 2.20 bits per heavy atom. The van der Waals surface area contributed by atoms with E-state index in [0.717, 1.165) is 5.56 Å². The van der Waals surface area contributed by atoms with Crippen LogP contribution < -0.4 is 14.8 Å². The van der Waals surface area contributed by atoms with Gasteiger partial charge in [-0.05, 0) is 42.7 Å². The Morgan fingerprint density at radius 1 is 1.00 bits per heavy atom. The molecule has 0 bridgehead atoms. The van der Waals surface area contributed by atoms with Crippen molar-refractivity contribution in [3.8, 4) is 11.5 Å². The van der Waals surface area contributed by atoms with Crippen molar-refractivity contribution in [2.45, 2.75) is 32.2 Å². The van der Waals surface area contributed by atoms with Gasteiger partial charge in [0.1, 0.15) is 0 Å². The molecule has 0 spiro atoms. The highest BCUT2D eigenvalue weighted by Crippen LogP contribution is 2.31. The Bertz CT molecular complexity index is 921. The Morgan fingerprint density at radius 2 is 1.63 bits per heavy atom. The molecule has 7 nitrogen and oxygen atoms in total. The molecule has 0 fully saturated rings. The largest absolute Gasteiger partial charge is 0.493 e. The number of nitrogens with zero attached hydrogens (tertiary/aromatic N) is 1. The molecular weight excluding hydrogens is 384 g/mol. The van der Waals surface area contributed by atoms with Gasteiger partial charge in [0.2, 0.25) is 5.91 Å². The van der Waals surface area contributed by atoms with Gasteiger partial charge in [0, 0.05) is 13.0 Å². The molecule has 1 aliphatic rings.